The van der Waals surface area contributed by atoms with Crippen molar-refractivity contribution in [3.05, 3.63) is 65.2 Å². The van der Waals surface area contributed by atoms with E-state index < -0.39 is 23.4 Å². The van der Waals surface area contributed by atoms with Crippen molar-refractivity contribution in [3.63, 3.8) is 0 Å². The number of amides is 2. The summed E-state index contributed by atoms with van der Waals surface area (Å²) in [6, 6.07) is 9.99. The van der Waals surface area contributed by atoms with Gasteiger partial charge in [0.05, 0.1) is 6.54 Å². The van der Waals surface area contributed by atoms with Gasteiger partial charge >= 0.3 is 0 Å². The van der Waals surface area contributed by atoms with Crippen LogP contribution in [-0.4, -0.2) is 18.4 Å². The predicted molar refractivity (Wildman–Crippen MR) is 78.5 cm³/mol. The molecular formula is C16H14F2N2O2. The first-order valence-corrected chi connectivity index (χ1v) is 6.56. The second kappa shape index (κ2) is 6.80. The van der Waals surface area contributed by atoms with Crippen LogP contribution in [0.3, 0.4) is 0 Å². The Hall–Kier alpha value is -2.76. The lowest BCUT2D eigenvalue weighted by Gasteiger charge is -2.09. The van der Waals surface area contributed by atoms with E-state index in [9.17, 15) is 18.4 Å². The lowest BCUT2D eigenvalue weighted by molar-refractivity contribution is -0.115. The van der Waals surface area contributed by atoms with Crippen LogP contribution < -0.4 is 10.6 Å². The first-order valence-electron chi connectivity index (χ1n) is 6.56. The van der Waals surface area contributed by atoms with E-state index in [1.165, 1.54) is 0 Å². The van der Waals surface area contributed by atoms with Crippen LogP contribution in [0.5, 0.6) is 0 Å². The highest BCUT2D eigenvalue weighted by atomic mass is 19.2. The van der Waals surface area contributed by atoms with Crippen molar-refractivity contribution in [3.8, 4) is 0 Å². The zero-order valence-electron chi connectivity index (χ0n) is 11.8. The van der Waals surface area contributed by atoms with Gasteiger partial charge in [0, 0.05) is 11.3 Å². The smallest absolute Gasteiger partial charge is 0.251 e. The number of hydrogen-bond acceptors (Lipinski definition) is 2. The molecule has 2 aromatic rings. The number of carbonyl (C=O) groups excluding carboxylic acids is 2. The van der Waals surface area contributed by atoms with Crippen LogP contribution in [0.25, 0.3) is 0 Å². The minimum atomic E-state index is -1.11. The Morgan fingerprint density at radius 2 is 1.77 bits per heavy atom. The SMILES string of the molecule is Cc1ccccc1NC(=O)CNC(=O)c1ccc(F)c(F)c1. The minimum Gasteiger partial charge on any atom is -0.343 e. The normalized spacial score (nSPS) is 10.1. The lowest BCUT2D eigenvalue weighted by Crippen LogP contribution is -2.33. The molecule has 2 amide bonds. The fraction of sp³-hybridized carbons (Fsp3) is 0.125. The highest BCUT2D eigenvalue weighted by molar-refractivity contribution is 5.99. The minimum absolute atomic E-state index is 0.0532. The molecule has 6 heteroatoms. The number of hydrogen-bond donors (Lipinski definition) is 2. The number of carbonyl (C=O) groups is 2. The molecule has 22 heavy (non-hydrogen) atoms. The highest BCUT2D eigenvalue weighted by Gasteiger charge is 2.11. The molecule has 0 saturated heterocycles. The summed E-state index contributed by atoms with van der Waals surface area (Å²) in [6.07, 6.45) is 0. The molecule has 0 unspecified atom stereocenters. The molecule has 2 N–H and O–H groups in total. The summed E-state index contributed by atoms with van der Waals surface area (Å²) in [4.78, 5) is 23.5. The van der Waals surface area contributed by atoms with Crippen molar-refractivity contribution in [2.24, 2.45) is 0 Å². The molecule has 0 spiro atoms. The van der Waals surface area contributed by atoms with Gasteiger partial charge in [0.2, 0.25) is 5.91 Å². The number of benzene rings is 2. The second-order valence-electron chi connectivity index (χ2n) is 4.67. The Labute approximate surface area is 126 Å². The van der Waals surface area contributed by atoms with Gasteiger partial charge in [0.25, 0.3) is 5.91 Å². The monoisotopic (exact) mass is 304 g/mol. The topological polar surface area (TPSA) is 58.2 Å². The van der Waals surface area contributed by atoms with Gasteiger partial charge in [-0.15, -0.1) is 0 Å². The first kappa shape index (κ1) is 15.6. The zero-order valence-corrected chi connectivity index (χ0v) is 11.8. The highest BCUT2D eigenvalue weighted by Crippen LogP contribution is 2.12. The second-order valence-corrected chi connectivity index (χ2v) is 4.67. The maximum Gasteiger partial charge on any atom is 0.251 e. The van der Waals surface area contributed by atoms with Crippen molar-refractivity contribution in [2.45, 2.75) is 6.92 Å². The van der Waals surface area contributed by atoms with E-state index in [1.54, 1.807) is 12.1 Å². The lowest BCUT2D eigenvalue weighted by atomic mass is 10.2. The van der Waals surface area contributed by atoms with Gasteiger partial charge in [-0.3, -0.25) is 9.59 Å². The Balaban J connectivity index is 1.92. The van der Waals surface area contributed by atoms with E-state index in [0.717, 1.165) is 23.8 Å². The van der Waals surface area contributed by atoms with Gasteiger partial charge in [-0.2, -0.15) is 0 Å². The number of nitrogens with one attached hydrogen (secondary N) is 2. The Bertz CT molecular complexity index is 717. The fourth-order valence-corrected chi connectivity index (χ4v) is 1.81. The van der Waals surface area contributed by atoms with Crippen LogP contribution in [0.4, 0.5) is 14.5 Å². The molecule has 0 atom stereocenters. The van der Waals surface area contributed by atoms with Gasteiger partial charge in [0.15, 0.2) is 11.6 Å². The van der Waals surface area contributed by atoms with Gasteiger partial charge in [-0.1, -0.05) is 18.2 Å². The molecule has 0 heterocycles. The van der Waals surface area contributed by atoms with E-state index in [4.69, 9.17) is 0 Å². The van der Waals surface area contributed by atoms with Crippen LogP contribution in [0.1, 0.15) is 15.9 Å². The molecule has 0 aromatic heterocycles. The third-order valence-corrected chi connectivity index (χ3v) is 3.01. The summed E-state index contributed by atoms with van der Waals surface area (Å²) in [7, 11) is 0. The molecule has 0 saturated carbocycles. The molecule has 2 rings (SSSR count). The fourth-order valence-electron chi connectivity index (χ4n) is 1.81. The van der Waals surface area contributed by atoms with Crippen LogP contribution >= 0.6 is 0 Å². The molecule has 0 radical (unpaired) electrons. The van der Waals surface area contributed by atoms with Crippen molar-refractivity contribution in [1.82, 2.24) is 5.32 Å². The first-order chi connectivity index (χ1) is 10.5. The molecule has 4 nitrogen and oxygen atoms in total. The Kier molecular flexibility index (Phi) is 4.83. The predicted octanol–water partition coefficient (Wildman–Crippen LogP) is 2.64. The summed E-state index contributed by atoms with van der Waals surface area (Å²) in [5, 5.41) is 4.99. The summed E-state index contributed by atoms with van der Waals surface area (Å²) in [6.45, 7) is 1.57. The number of halogens is 2. The third kappa shape index (κ3) is 3.88. The summed E-state index contributed by atoms with van der Waals surface area (Å²) >= 11 is 0. The Morgan fingerprint density at radius 1 is 1.05 bits per heavy atom. The van der Waals surface area contributed by atoms with Crippen molar-refractivity contribution >= 4 is 17.5 Å². The number of rotatable bonds is 4. The third-order valence-electron chi connectivity index (χ3n) is 3.01. The molecule has 0 aliphatic heterocycles. The van der Waals surface area contributed by atoms with E-state index in [2.05, 4.69) is 10.6 Å². The number of para-hydroxylation sites is 1. The zero-order chi connectivity index (χ0) is 16.1. The molecule has 0 aliphatic rings. The van der Waals surface area contributed by atoms with Gasteiger partial charge < -0.3 is 10.6 Å². The van der Waals surface area contributed by atoms with Gasteiger partial charge in [-0.05, 0) is 36.8 Å². The maximum absolute atomic E-state index is 13.0. The van der Waals surface area contributed by atoms with Crippen LogP contribution in [-0.2, 0) is 4.79 Å². The van der Waals surface area contributed by atoms with E-state index >= 15 is 0 Å². The molecule has 114 valence electrons. The van der Waals surface area contributed by atoms with Crippen molar-refractivity contribution in [1.29, 1.82) is 0 Å². The average Bonchev–Trinajstić information content (AvgIpc) is 2.50. The van der Waals surface area contributed by atoms with E-state index in [-0.39, 0.29) is 12.1 Å². The van der Waals surface area contributed by atoms with Crippen molar-refractivity contribution in [2.75, 3.05) is 11.9 Å². The molecule has 2 aromatic carbocycles. The van der Waals surface area contributed by atoms with E-state index in [1.807, 2.05) is 19.1 Å². The van der Waals surface area contributed by atoms with Crippen molar-refractivity contribution < 1.29 is 18.4 Å². The standard InChI is InChI=1S/C16H14F2N2O2/c1-10-4-2-3-5-14(10)20-15(21)9-19-16(22)11-6-7-12(17)13(18)8-11/h2-8H,9H2,1H3,(H,19,22)(H,20,21). The maximum atomic E-state index is 13.0. The van der Waals surface area contributed by atoms with Gasteiger partial charge in [-0.25, -0.2) is 8.78 Å². The molecule has 0 bridgehead atoms. The summed E-state index contributed by atoms with van der Waals surface area (Å²) in [5.74, 6) is -3.21. The number of aryl methyl sites for hydroxylation is 1. The quantitative estimate of drug-likeness (QED) is 0.912. The molecule has 0 fully saturated rings. The summed E-state index contributed by atoms with van der Waals surface area (Å²) in [5.41, 5.74) is 1.49. The van der Waals surface area contributed by atoms with Crippen LogP contribution in [0, 0.1) is 18.6 Å². The van der Waals surface area contributed by atoms with E-state index in [0.29, 0.717) is 5.69 Å². The molecule has 0 aliphatic carbocycles. The Morgan fingerprint density at radius 3 is 2.45 bits per heavy atom. The number of anilines is 1. The molecular weight excluding hydrogens is 290 g/mol. The average molecular weight is 304 g/mol. The van der Waals surface area contributed by atoms with Crippen LogP contribution in [0.2, 0.25) is 0 Å². The van der Waals surface area contributed by atoms with Crippen LogP contribution in [0.15, 0.2) is 42.5 Å². The summed E-state index contributed by atoms with van der Waals surface area (Å²) < 4.78 is 25.8. The van der Waals surface area contributed by atoms with Gasteiger partial charge in [0.1, 0.15) is 0 Å². The largest absolute Gasteiger partial charge is 0.343 e.